The molecule has 0 amide bonds. The van der Waals surface area contributed by atoms with Gasteiger partial charge in [0.15, 0.2) is 0 Å². The number of aromatic nitrogens is 3. The fraction of sp³-hybridized carbons (Fsp3) is 0.562. The van der Waals surface area contributed by atoms with E-state index in [9.17, 15) is 9.59 Å². The Labute approximate surface area is 128 Å². The summed E-state index contributed by atoms with van der Waals surface area (Å²) in [5, 5.41) is 0.380. The predicted octanol–water partition coefficient (Wildman–Crippen LogP) is 2.05. The second-order valence-electron chi connectivity index (χ2n) is 6.58. The Morgan fingerprint density at radius 3 is 2.59 bits per heavy atom. The molecule has 0 bridgehead atoms. The molecule has 0 unspecified atom stereocenters. The molecule has 0 aromatic carbocycles. The van der Waals surface area contributed by atoms with Crippen molar-refractivity contribution in [3.8, 4) is 0 Å². The average molecular weight is 302 g/mol. The summed E-state index contributed by atoms with van der Waals surface area (Å²) >= 11 is 0. The summed E-state index contributed by atoms with van der Waals surface area (Å²) in [6.07, 6.45) is 5.29. The summed E-state index contributed by atoms with van der Waals surface area (Å²) in [5.74, 6) is 1.33. The first-order valence-electron chi connectivity index (χ1n) is 7.87. The molecule has 118 valence electrons. The smallest absolute Gasteiger partial charge is 0.330 e. The summed E-state index contributed by atoms with van der Waals surface area (Å²) in [5.41, 5.74) is 5.78. The Morgan fingerprint density at radius 1 is 1.27 bits per heavy atom. The zero-order valence-corrected chi connectivity index (χ0v) is 13.0. The molecule has 2 aromatic rings. The molecule has 1 aliphatic carbocycles. The number of fused-ring (bicyclic) bond motifs is 1. The maximum absolute atomic E-state index is 12.7. The lowest BCUT2D eigenvalue weighted by atomic mass is 9.79. The number of pyridine rings is 1. The van der Waals surface area contributed by atoms with Crippen molar-refractivity contribution in [2.75, 3.05) is 5.73 Å². The SMILES string of the molecule is CC(C)C1CCC(n2c(=O)[nH]c3ncc(N)cc3c2=O)CC1. The van der Waals surface area contributed by atoms with Gasteiger partial charge in [-0.1, -0.05) is 13.8 Å². The number of hydrogen-bond acceptors (Lipinski definition) is 4. The summed E-state index contributed by atoms with van der Waals surface area (Å²) in [4.78, 5) is 31.7. The second-order valence-corrected chi connectivity index (χ2v) is 6.58. The molecule has 0 spiro atoms. The van der Waals surface area contributed by atoms with E-state index in [4.69, 9.17) is 5.73 Å². The highest BCUT2D eigenvalue weighted by Gasteiger charge is 2.26. The number of nitrogen functional groups attached to an aromatic ring is 1. The number of hydrogen-bond donors (Lipinski definition) is 2. The molecule has 0 aliphatic heterocycles. The zero-order chi connectivity index (χ0) is 15.9. The largest absolute Gasteiger partial charge is 0.397 e. The van der Waals surface area contributed by atoms with Crippen LogP contribution in [0.2, 0.25) is 0 Å². The van der Waals surface area contributed by atoms with Gasteiger partial charge in [0.25, 0.3) is 5.56 Å². The van der Waals surface area contributed by atoms with Crippen molar-refractivity contribution in [2.45, 2.75) is 45.6 Å². The zero-order valence-electron chi connectivity index (χ0n) is 13.0. The highest BCUT2D eigenvalue weighted by molar-refractivity contribution is 5.76. The monoisotopic (exact) mass is 302 g/mol. The van der Waals surface area contributed by atoms with Gasteiger partial charge in [0.05, 0.1) is 17.3 Å². The van der Waals surface area contributed by atoms with E-state index in [2.05, 4.69) is 23.8 Å². The molecule has 2 aromatic heterocycles. The van der Waals surface area contributed by atoms with Crippen LogP contribution >= 0.6 is 0 Å². The van der Waals surface area contributed by atoms with Gasteiger partial charge in [-0.25, -0.2) is 9.78 Å². The summed E-state index contributed by atoms with van der Waals surface area (Å²) in [6, 6.07) is 1.55. The maximum Gasteiger partial charge on any atom is 0.330 e. The third kappa shape index (κ3) is 2.53. The minimum Gasteiger partial charge on any atom is -0.397 e. The fourth-order valence-electron chi connectivity index (χ4n) is 3.49. The van der Waals surface area contributed by atoms with E-state index in [1.165, 1.54) is 10.8 Å². The molecule has 0 saturated heterocycles. The van der Waals surface area contributed by atoms with Crippen molar-refractivity contribution >= 4 is 16.7 Å². The van der Waals surface area contributed by atoms with Crippen molar-refractivity contribution in [3.63, 3.8) is 0 Å². The van der Waals surface area contributed by atoms with E-state index < -0.39 is 0 Å². The van der Waals surface area contributed by atoms with Crippen LogP contribution in [0.25, 0.3) is 11.0 Å². The number of nitrogens with one attached hydrogen (secondary N) is 1. The summed E-state index contributed by atoms with van der Waals surface area (Å²) in [6.45, 7) is 4.46. The molecule has 3 rings (SSSR count). The third-order valence-electron chi connectivity index (χ3n) is 4.85. The topological polar surface area (TPSA) is 93.8 Å². The minimum absolute atomic E-state index is 0.0305. The van der Waals surface area contributed by atoms with E-state index >= 15 is 0 Å². The Morgan fingerprint density at radius 2 is 1.95 bits per heavy atom. The highest BCUT2D eigenvalue weighted by atomic mass is 16.2. The summed E-state index contributed by atoms with van der Waals surface area (Å²) in [7, 11) is 0. The van der Waals surface area contributed by atoms with Gasteiger partial charge >= 0.3 is 5.69 Å². The van der Waals surface area contributed by atoms with Crippen LogP contribution in [0, 0.1) is 11.8 Å². The number of rotatable bonds is 2. The van der Waals surface area contributed by atoms with Gasteiger partial charge in [0.2, 0.25) is 0 Å². The number of aromatic amines is 1. The standard InChI is InChI=1S/C16H22N4O2/c1-9(2)10-3-5-12(6-4-10)20-15(21)13-7-11(17)8-18-14(13)19-16(20)22/h7-10,12H,3-6,17H2,1-2H3,(H,18,19,22). The van der Waals surface area contributed by atoms with Crippen LogP contribution < -0.4 is 17.0 Å². The van der Waals surface area contributed by atoms with Crippen LogP contribution in [0.5, 0.6) is 0 Å². The first-order chi connectivity index (χ1) is 10.5. The fourth-order valence-corrected chi connectivity index (χ4v) is 3.49. The minimum atomic E-state index is -0.372. The highest BCUT2D eigenvalue weighted by Crippen LogP contribution is 2.34. The average Bonchev–Trinajstić information content (AvgIpc) is 2.49. The molecule has 3 N–H and O–H groups in total. The molecule has 1 aliphatic rings. The van der Waals surface area contributed by atoms with Crippen molar-refractivity contribution in [1.29, 1.82) is 0 Å². The molecular weight excluding hydrogens is 280 g/mol. The van der Waals surface area contributed by atoms with Crippen LogP contribution in [-0.4, -0.2) is 14.5 Å². The first kappa shape index (κ1) is 14.8. The Kier molecular flexibility index (Phi) is 3.76. The molecule has 2 heterocycles. The van der Waals surface area contributed by atoms with E-state index in [-0.39, 0.29) is 17.3 Å². The quantitative estimate of drug-likeness (QED) is 0.887. The molecule has 22 heavy (non-hydrogen) atoms. The number of nitrogens with zero attached hydrogens (tertiary/aromatic N) is 2. The van der Waals surface area contributed by atoms with Gasteiger partial charge < -0.3 is 5.73 Å². The molecule has 0 radical (unpaired) electrons. The second kappa shape index (κ2) is 5.59. The molecule has 0 atom stereocenters. The van der Waals surface area contributed by atoms with Gasteiger partial charge in [-0.15, -0.1) is 0 Å². The lowest BCUT2D eigenvalue weighted by molar-refractivity contribution is 0.220. The van der Waals surface area contributed by atoms with Crippen molar-refractivity contribution in [3.05, 3.63) is 33.1 Å². The van der Waals surface area contributed by atoms with Crippen molar-refractivity contribution in [1.82, 2.24) is 14.5 Å². The van der Waals surface area contributed by atoms with Crippen LogP contribution in [-0.2, 0) is 0 Å². The van der Waals surface area contributed by atoms with Gasteiger partial charge in [0.1, 0.15) is 5.65 Å². The van der Waals surface area contributed by atoms with E-state index in [1.807, 2.05) is 0 Å². The Balaban J connectivity index is 2.01. The number of H-pyrrole nitrogens is 1. The third-order valence-corrected chi connectivity index (χ3v) is 4.85. The van der Waals surface area contributed by atoms with E-state index in [0.29, 0.717) is 28.6 Å². The van der Waals surface area contributed by atoms with Crippen LogP contribution in [0.1, 0.15) is 45.6 Å². The molecule has 1 fully saturated rings. The molecule has 6 heteroatoms. The van der Waals surface area contributed by atoms with E-state index in [1.54, 1.807) is 6.07 Å². The van der Waals surface area contributed by atoms with Crippen molar-refractivity contribution in [2.24, 2.45) is 11.8 Å². The molecule has 1 saturated carbocycles. The Bertz CT molecular complexity index is 798. The van der Waals surface area contributed by atoms with Crippen LogP contribution in [0.3, 0.4) is 0 Å². The van der Waals surface area contributed by atoms with Crippen LogP contribution in [0.15, 0.2) is 21.9 Å². The first-order valence-corrected chi connectivity index (χ1v) is 7.87. The van der Waals surface area contributed by atoms with E-state index in [0.717, 1.165) is 25.7 Å². The van der Waals surface area contributed by atoms with Crippen LogP contribution in [0.4, 0.5) is 5.69 Å². The predicted molar refractivity (Wildman–Crippen MR) is 86.9 cm³/mol. The molecular formula is C16H22N4O2. The van der Waals surface area contributed by atoms with Crippen molar-refractivity contribution < 1.29 is 0 Å². The summed E-state index contributed by atoms with van der Waals surface area (Å²) < 4.78 is 1.36. The lowest BCUT2D eigenvalue weighted by Gasteiger charge is -2.31. The van der Waals surface area contributed by atoms with Gasteiger partial charge in [0, 0.05) is 6.04 Å². The van der Waals surface area contributed by atoms with Gasteiger partial charge in [-0.05, 0) is 43.6 Å². The number of nitrogens with two attached hydrogens (primary N) is 1. The normalized spacial score (nSPS) is 22.3. The van der Waals surface area contributed by atoms with Gasteiger partial charge in [-0.3, -0.25) is 14.3 Å². The maximum atomic E-state index is 12.7. The number of anilines is 1. The molecule has 6 nitrogen and oxygen atoms in total. The van der Waals surface area contributed by atoms with Gasteiger partial charge in [-0.2, -0.15) is 0 Å². The lowest BCUT2D eigenvalue weighted by Crippen LogP contribution is -2.39. The Hall–Kier alpha value is -2.11.